The number of nitrogens with zero attached hydrogens (tertiary/aromatic N) is 4. The molecule has 1 spiro atoms. The minimum absolute atomic E-state index is 0.0354. The van der Waals surface area contributed by atoms with Crippen LogP contribution in [0.4, 0.5) is 5.95 Å². The molecular formula is C27H31N5O4S. The van der Waals surface area contributed by atoms with E-state index in [-0.39, 0.29) is 12.0 Å². The van der Waals surface area contributed by atoms with Crippen LogP contribution in [0, 0.1) is 0 Å². The Morgan fingerprint density at radius 1 is 1.03 bits per heavy atom. The fourth-order valence-electron chi connectivity index (χ4n) is 5.54. The molecule has 2 fully saturated rings. The summed E-state index contributed by atoms with van der Waals surface area (Å²) in [6.45, 7) is 4.58. The molecule has 37 heavy (non-hydrogen) atoms. The quantitative estimate of drug-likeness (QED) is 0.408. The first-order chi connectivity index (χ1) is 17.8. The lowest BCUT2D eigenvalue weighted by atomic mass is 9.89. The molecule has 4 aromatic rings. The second-order valence-electron chi connectivity index (χ2n) is 10.1. The Hall–Kier alpha value is -3.21. The highest BCUT2D eigenvalue weighted by atomic mass is 32.2. The summed E-state index contributed by atoms with van der Waals surface area (Å²) in [5, 5.41) is -0.643. The van der Waals surface area contributed by atoms with E-state index in [1.54, 1.807) is 13.8 Å². The van der Waals surface area contributed by atoms with Crippen molar-refractivity contribution >= 4 is 27.0 Å². The van der Waals surface area contributed by atoms with Crippen LogP contribution in [0.3, 0.4) is 0 Å². The van der Waals surface area contributed by atoms with Gasteiger partial charge in [-0.3, -0.25) is 0 Å². The number of benzene rings is 2. The number of hydrogen-bond donors (Lipinski definition) is 1. The van der Waals surface area contributed by atoms with Gasteiger partial charge in [-0.05, 0) is 38.8 Å². The Kier molecular flexibility index (Phi) is 5.85. The van der Waals surface area contributed by atoms with E-state index >= 15 is 0 Å². The molecule has 2 aromatic carbocycles. The highest BCUT2D eigenvalue weighted by Gasteiger charge is 2.41. The van der Waals surface area contributed by atoms with Crippen molar-refractivity contribution in [2.24, 2.45) is 0 Å². The van der Waals surface area contributed by atoms with Crippen LogP contribution in [0.2, 0.25) is 0 Å². The summed E-state index contributed by atoms with van der Waals surface area (Å²) in [5.41, 5.74) is 10.7. The highest BCUT2D eigenvalue weighted by molar-refractivity contribution is 7.90. The zero-order valence-electron chi connectivity index (χ0n) is 21.0. The molecule has 0 atom stereocenters. The second-order valence-corrected chi connectivity index (χ2v) is 12.4. The molecule has 194 valence electrons. The lowest BCUT2D eigenvalue weighted by Gasteiger charge is -2.36. The summed E-state index contributed by atoms with van der Waals surface area (Å²) in [7, 11) is -3.70. The maximum absolute atomic E-state index is 13.2. The second kappa shape index (κ2) is 8.97. The number of nitrogen functional groups attached to an aromatic ring is 1. The van der Waals surface area contributed by atoms with Crippen molar-refractivity contribution < 1.29 is 17.9 Å². The number of fused-ring (bicyclic) bond motifs is 1. The largest absolute Gasteiger partial charge is 0.368 e. The Morgan fingerprint density at radius 2 is 1.73 bits per heavy atom. The van der Waals surface area contributed by atoms with Crippen LogP contribution in [0.25, 0.3) is 33.5 Å². The average molecular weight is 522 g/mol. The molecule has 3 heterocycles. The fourth-order valence-corrected chi connectivity index (χ4v) is 6.68. The smallest absolute Gasteiger partial charge is 0.244 e. The van der Waals surface area contributed by atoms with Crippen molar-refractivity contribution in [3.8, 4) is 22.5 Å². The predicted octanol–water partition coefficient (Wildman–Crippen LogP) is 4.59. The van der Waals surface area contributed by atoms with Crippen LogP contribution >= 0.6 is 0 Å². The van der Waals surface area contributed by atoms with Crippen molar-refractivity contribution in [2.75, 3.05) is 18.9 Å². The van der Waals surface area contributed by atoms with E-state index < -0.39 is 21.1 Å². The molecule has 10 heteroatoms. The lowest BCUT2D eigenvalue weighted by Crippen LogP contribution is -2.35. The van der Waals surface area contributed by atoms with Crippen molar-refractivity contribution in [1.82, 2.24) is 18.5 Å². The number of hydrogen-bond acceptors (Lipinski definition) is 7. The van der Waals surface area contributed by atoms with Gasteiger partial charge in [0.25, 0.3) is 0 Å². The maximum atomic E-state index is 13.2. The summed E-state index contributed by atoms with van der Waals surface area (Å²) in [6.07, 6.45) is 5.34. The minimum Gasteiger partial charge on any atom is -0.368 e. The number of rotatable bonds is 5. The van der Waals surface area contributed by atoms with E-state index in [0.717, 1.165) is 48.2 Å². The zero-order chi connectivity index (χ0) is 25.8. The fraction of sp³-hybridized carbons (Fsp3) is 0.407. The van der Waals surface area contributed by atoms with Gasteiger partial charge in [0.1, 0.15) is 0 Å². The van der Waals surface area contributed by atoms with E-state index in [1.807, 2.05) is 54.9 Å². The molecule has 2 aromatic heterocycles. The van der Waals surface area contributed by atoms with Gasteiger partial charge in [0, 0.05) is 30.0 Å². The third-order valence-corrected chi connectivity index (χ3v) is 9.61. The third kappa shape index (κ3) is 4.03. The molecular weight excluding hydrogens is 490 g/mol. The molecule has 1 aliphatic heterocycles. The van der Waals surface area contributed by atoms with Crippen LogP contribution in [0.15, 0.2) is 54.9 Å². The van der Waals surface area contributed by atoms with E-state index in [9.17, 15) is 8.42 Å². The van der Waals surface area contributed by atoms with Gasteiger partial charge in [0.2, 0.25) is 16.0 Å². The molecule has 0 amide bonds. The van der Waals surface area contributed by atoms with Crippen LogP contribution in [0.1, 0.15) is 45.6 Å². The first-order valence-electron chi connectivity index (χ1n) is 12.7. The first-order valence-corrected chi connectivity index (χ1v) is 14.2. The molecule has 1 aliphatic carbocycles. The molecule has 0 unspecified atom stereocenters. The molecule has 2 N–H and O–H groups in total. The molecule has 0 radical (unpaired) electrons. The maximum Gasteiger partial charge on any atom is 0.244 e. The average Bonchev–Trinajstić information content (AvgIpc) is 3.61. The molecule has 1 saturated heterocycles. The van der Waals surface area contributed by atoms with E-state index in [2.05, 4.69) is 9.55 Å². The Bertz CT molecular complexity index is 1540. The zero-order valence-corrected chi connectivity index (χ0v) is 21.8. The van der Waals surface area contributed by atoms with Crippen molar-refractivity contribution in [1.29, 1.82) is 0 Å². The van der Waals surface area contributed by atoms with Gasteiger partial charge in [0.15, 0.2) is 5.79 Å². The summed E-state index contributed by atoms with van der Waals surface area (Å²) in [5.74, 6) is -0.486. The van der Waals surface area contributed by atoms with Gasteiger partial charge in [0.05, 0.1) is 47.2 Å². The van der Waals surface area contributed by atoms with Crippen molar-refractivity contribution in [3.63, 3.8) is 0 Å². The summed E-state index contributed by atoms with van der Waals surface area (Å²) < 4.78 is 41.6. The molecule has 1 saturated carbocycles. The third-order valence-electron chi connectivity index (χ3n) is 7.53. The van der Waals surface area contributed by atoms with Crippen molar-refractivity contribution in [2.45, 2.75) is 56.6 Å². The minimum atomic E-state index is -3.70. The van der Waals surface area contributed by atoms with Crippen LogP contribution < -0.4 is 5.73 Å². The van der Waals surface area contributed by atoms with Gasteiger partial charge < -0.3 is 19.8 Å². The van der Waals surface area contributed by atoms with E-state index in [4.69, 9.17) is 20.2 Å². The summed E-state index contributed by atoms with van der Waals surface area (Å²) in [6, 6.07) is 15.9. The van der Waals surface area contributed by atoms with Crippen LogP contribution in [-0.4, -0.2) is 51.2 Å². The number of ether oxygens (including phenoxy) is 2. The van der Waals surface area contributed by atoms with Crippen molar-refractivity contribution in [3.05, 3.63) is 54.9 Å². The van der Waals surface area contributed by atoms with Crippen LogP contribution in [0.5, 0.6) is 0 Å². The lowest BCUT2D eigenvalue weighted by molar-refractivity contribution is -0.181. The van der Waals surface area contributed by atoms with Gasteiger partial charge in [-0.2, -0.15) is 0 Å². The Balaban J connectivity index is 1.49. The van der Waals surface area contributed by atoms with E-state index in [0.29, 0.717) is 24.2 Å². The van der Waals surface area contributed by atoms with Gasteiger partial charge in [-0.15, -0.1) is 0 Å². The molecule has 0 bridgehead atoms. The SMILES string of the molecule is CC(C)S(=O)(=O)n1c(N)nc2ccc(-c3c(-c4ccccc4)ncn3C3CCC4(CC3)OCCO4)cc21. The normalized spacial score (nSPS) is 18.4. The standard InChI is InChI=1S/C27H31N5O4S/c1-18(2)37(33,34)32-23-16-20(8-9-22(23)30-26(32)28)25-24(19-6-4-3-5-7-19)29-17-31(25)21-10-12-27(13-11-21)35-14-15-36-27/h3-9,16-18,21H,10-15H2,1-2H3,(H2,28,30). The molecule has 9 nitrogen and oxygen atoms in total. The number of nitrogens with two attached hydrogens (primary N) is 1. The number of imidazole rings is 2. The molecule has 6 rings (SSSR count). The molecule has 2 aliphatic rings. The van der Waals surface area contributed by atoms with E-state index in [1.165, 1.54) is 3.97 Å². The predicted molar refractivity (Wildman–Crippen MR) is 142 cm³/mol. The highest BCUT2D eigenvalue weighted by Crippen LogP contribution is 2.43. The number of anilines is 1. The summed E-state index contributed by atoms with van der Waals surface area (Å²) in [4.78, 5) is 9.18. The van der Waals surface area contributed by atoms with Gasteiger partial charge >= 0.3 is 0 Å². The van der Waals surface area contributed by atoms with Gasteiger partial charge in [-0.1, -0.05) is 36.4 Å². The first kappa shape index (κ1) is 24.1. The van der Waals surface area contributed by atoms with Gasteiger partial charge in [-0.25, -0.2) is 22.4 Å². The Labute approximate surface area is 216 Å². The summed E-state index contributed by atoms with van der Waals surface area (Å²) >= 11 is 0. The Morgan fingerprint density at radius 3 is 2.41 bits per heavy atom. The van der Waals surface area contributed by atoms with Crippen LogP contribution in [-0.2, 0) is 19.5 Å². The monoisotopic (exact) mass is 521 g/mol. The number of aromatic nitrogens is 4. The topological polar surface area (TPSA) is 114 Å².